The van der Waals surface area contributed by atoms with Gasteiger partial charge in [-0.25, -0.2) is 14.8 Å². The Labute approximate surface area is 124 Å². The fraction of sp³-hybridized carbons (Fsp3) is 0.571. The molecule has 1 amide bonds. The van der Waals surface area contributed by atoms with Gasteiger partial charge < -0.3 is 15.7 Å². The van der Waals surface area contributed by atoms with Crippen LogP contribution in [0.15, 0.2) is 6.20 Å². The number of aromatic carboxylic acids is 1. The van der Waals surface area contributed by atoms with Crippen LogP contribution in [0.5, 0.6) is 0 Å². The topological polar surface area (TPSA) is 109 Å². The normalized spacial score (nSPS) is 11.0. The fourth-order valence-corrected chi connectivity index (χ4v) is 1.93. The lowest BCUT2D eigenvalue weighted by Gasteiger charge is -2.26. The zero-order valence-corrected chi connectivity index (χ0v) is 12.8. The molecule has 1 aromatic rings. The summed E-state index contributed by atoms with van der Waals surface area (Å²) in [5.74, 6) is -0.963. The molecule has 0 aliphatic heterocycles. The van der Waals surface area contributed by atoms with Gasteiger partial charge in [-0.15, -0.1) is 0 Å². The number of carbonyl (C=O) groups excluding carboxylic acids is 1. The average Bonchev–Trinajstić information content (AvgIpc) is 2.35. The monoisotopic (exact) mass is 294 g/mol. The van der Waals surface area contributed by atoms with Crippen molar-refractivity contribution in [2.24, 2.45) is 11.7 Å². The highest BCUT2D eigenvalue weighted by Crippen LogP contribution is 2.21. The van der Waals surface area contributed by atoms with E-state index < -0.39 is 11.9 Å². The van der Waals surface area contributed by atoms with Gasteiger partial charge in [0.15, 0.2) is 5.69 Å². The first kappa shape index (κ1) is 16.9. The molecule has 1 aromatic heterocycles. The summed E-state index contributed by atoms with van der Waals surface area (Å²) in [6.07, 6.45) is 1.46. The number of amides is 1. The predicted molar refractivity (Wildman–Crippen MR) is 79.3 cm³/mol. The van der Waals surface area contributed by atoms with Crippen LogP contribution in [0.3, 0.4) is 0 Å². The molecule has 0 radical (unpaired) electrons. The van der Waals surface area contributed by atoms with Gasteiger partial charge in [0.1, 0.15) is 5.82 Å². The van der Waals surface area contributed by atoms with Crippen molar-refractivity contribution in [3.8, 4) is 0 Å². The lowest BCUT2D eigenvalue weighted by Crippen LogP contribution is -2.37. The van der Waals surface area contributed by atoms with Crippen LogP contribution in [0.25, 0.3) is 0 Å². The van der Waals surface area contributed by atoms with Gasteiger partial charge in [-0.2, -0.15) is 0 Å². The molecule has 3 N–H and O–H groups in total. The van der Waals surface area contributed by atoms with Crippen molar-refractivity contribution in [3.63, 3.8) is 0 Å². The summed E-state index contributed by atoms with van der Waals surface area (Å²) in [4.78, 5) is 32.6. The fourth-order valence-electron chi connectivity index (χ4n) is 1.93. The van der Waals surface area contributed by atoms with E-state index in [1.165, 1.54) is 6.20 Å². The Kier molecular flexibility index (Phi) is 5.63. The number of carbonyl (C=O) groups is 2. The number of hydrogen-bond acceptors (Lipinski definition) is 5. The number of aromatic nitrogens is 2. The van der Waals surface area contributed by atoms with Crippen molar-refractivity contribution in [2.75, 3.05) is 18.0 Å². The largest absolute Gasteiger partial charge is 0.476 e. The number of carboxylic acids is 1. The molecule has 21 heavy (non-hydrogen) atoms. The molecule has 0 unspecified atom stereocenters. The van der Waals surface area contributed by atoms with Gasteiger partial charge in [0, 0.05) is 12.5 Å². The van der Waals surface area contributed by atoms with E-state index in [9.17, 15) is 14.7 Å². The first-order valence-corrected chi connectivity index (χ1v) is 6.85. The molecule has 0 fully saturated rings. The van der Waals surface area contributed by atoms with Crippen molar-refractivity contribution >= 4 is 17.6 Å². The number of anilines is 1. The minimum absolute atomic E-state index is 0.0202. The van der Waals surface area contributed by atoms with Gasteiger partial charge >= 0.3 is 5.97 Å². The summed E-state index contributed by atoms with van der Waals surface area (Å²) in [5, 5.41) is 9.36. The lowest BCUT2D eigenvalue weighted by atomic mass is 10.1. The molecule has 0 atom stereocenters. The van der Waals surface area contributed by atoms with Crippen molar-refractivity contribution in [2.45, 2.75) is 33.6 Å². The van der Waals surface area contributed by atoms with Crippen LogP contribution < -0.4 is 10.6 Å². The van der Waals surface area contributed by atoms with Gasteiger partial charge in [-0.05, 0) is 5.92 Å². The minimum atomic E-state index is -1.15. The average molecular weight is 294 g/mol. The highest BCUT2D eigenvalue weighted by atomic mass is 16.4. The summed E-state index contributed by atoms with van der Waals surface area (Å²) in [6, 6.07) is 0. The molecule has 0 saturated carbocycles. The van der Waals surface area contributed by atoms with E-state index in [0.717, 1.165) is 0 Å². The summed E-state index contributed by atoms with van der Waals surface area (Å²) < 4.78 is 0. The van der Waals surface area contributed by atoms with Crippen LogP contribution in [0.1, 0.15) is 49.9 Å². The Morgan fingerprint density at radius 3 is 2.38 bits per heavy atom. The number of nitrogens with zero attached hydrogens (tertiary/aromatic N) is 3. The number of rotatable bonds is 7. The van der Waals surface area contributed by atoms with Crippen molar-refractivity contribution in [1.29, 1.82) is 0 Å². The Morgan fingerprint density at radius 1 is 1.33 bits per heavy atom. The highest BCUT2D eigenvalue weighted by Gasteiger charge is 2.22. The summed E-state index contributed by atoms with van der Waals surface area (Å²) in [7, 11) is 0. The number of carboxylic acid groups (broad SMARTS) is 1. The molecular weight excluding hydrogens is 272 g/mol. The molecule has 7 heteroatoms. The summed E-state index contributed by atoms with van der Waals surface area (Å²) in [5.41, 5.74) is 5.46. The third kappa shape index (κ3) is 4.70. The molecule has 0 bridgehead atoms. The van der Waals surface area contributed by atoms with E-state index in [1.807, 2.05) is 27.7 Å². The summed E-state index contributed by atoms with van der Waals surface area (Å²) in [6.45, 7) is 8.14. The first-order chi connectivity index (χ1) is 9.72. The molecule has 0 aliphatic rings. The Hall–Kier alpha value is -2.18. The maximum absolute atomic E-state index is 11.4. The van der Waals surface area contributed by atoms with Crippen LogP contribution in [0, 0.1) is 5.92 Å². The molecule has 1 heterocycles. The van der Waals surface area contributed by atoms with Crippen LogP contribution in [0.2, 0.25) is 0 Å². The second kappa shape index (κ2) is 7.01. The van der Waals surface area contributed by atoms with Crippen LogP contribution in [-0.2, 0) is 4.79 Å². The van der Waals surface area contributed by atoms with Crippen LogP contribution in [-0.4, -0.2) is 40.0 Å². The Morgan fingerprint density at radius 2 is 1.95 bits per heavy atom. The Bertz CT molecular complexity index is 529. The molecule has 1 rings (SSSR count). The van der Waals surface area contributed by atoms with Crippen molar-refractivity contribution in [3.05, 3.63) is 17.7 Å². The van der Waals surface area contributed by atoms with Crippen molar-refractivity contribution in [1.82, 2.24) is 9.97 Å². The van der Waals surface area contributed by atoms with Gasteiger partial charge in [-0.1, -0.05) is 27.7 Å². The molecule has 0 aliphatic carbocycles. The zero-order chi connectivity index (χ0) is 16.2. The second-order valence-electron chi connectivity index (χ2n) is 5.66. The quantitative estimate of drug-likeness (QED) is 0.783. The van der Waals surface area contributed by atoms with Crippen LogP contribution >= 0.6 is 0 Å². The van der Waals surface area contributed by atoms with E-state index in [-0.39, 0.29) is 24.1 Å². The molecule has 0 spiro atoms. The second-order valence-corrected chi connectivity index (χ2v) is 5.66. The smallest absolute Gasteiger partial charge is 0.356 e. The first-order valence-electron chi connectivity index (χ1n) is 6.85. The lowest BCUT2D eigenvalue weighted by molar-refractivity contribution is -0.116. The van der Waals surface area contributed by atoms with Gasteiger partial charge in [-0.3, -0.25) is 4.79 Å². The zero-order valence-electron chi connectivity index (χ0n) is 12.8. The molecular formula is C14H22N4O3. The minimum Gasteiger partial charge on any atom is -0.476 e. The predicted octanol–water partition coefficient (Wildman–Crippen LogP) is 1.25. The molecule has 7 nitrogen and oxygen atoms in total. The number of nitrogens with two attached hydrogens (primary N) is 1. The molecule has 0 aromatic carbocycles. The van der Waals surface area contributed by atoms with E-state index >= 15 is 0 Å². The van der Waals surface area contributed by atoms with Gasteiger partial charge in [0.25, 0.3) is 0 Å². The SMILES string of the molecule is CC(C)CN(CC(N)=O)c1cnc(C(C)C)nc1C(=O)O. The van der Waals surface area contributed by atoms with Crippen molar-refractivity contribution < 1.29 is 14.7 Å². The highest BCUT2D eigenvalue weighted by molar-refractivity contribution is 5.93. The summed E-state index contributed by atoms with van der Waals surface area (Å²) >= 11 is 0. The van der Waals surface area contributed by atoms with E-state index in [4.69, 9.17) is 5.73 Å². The van der Waals surface area contributed by atoms with Crippen LogP contribution in [0.4, 0.5) is 5.69 Å². The number of hydrogen-bond donors (Lipinski definition) is 2. The third-order valence-electron chi connectivity index (χ3n) is 2.78. The molecule has 116 valence electrons. The maximum Gasteiger partial charge on any atom is 0.356 e. The van der Waals surface area contributed by atoms with E-state index in [2.05, 4.69) is 9.97 Å². The standard InChI is InChI=1S/C14H22N4O3/c1-8(2)6-18(7-11(15)19)10-5-16-13(9(3)4)17-12(10)14(20)21/h5,8-9H,6-7H2,1-4H3,(H2,15,19)(H,20,21). The van der Waals surface area contributed by atoms with Gasteiger partial charge in [0.2, 0.25) is 5.91 Å². The van der Waals surface area contributed by atoms with E-state index in [1.54, 1.807) is 4.90 Å². The maximum atomic E-state index is 11.4. The Balaban J connectivity index is 3.28. The van der Waals surface area contributed by atoms with E-state index in [0.29, 0.717) is 18.1 Å². The molecule has 0 saturated heterocycles. The third-order valence-corrected chi connectivity index (χ3v) is 2.78. The number of primary amides is 1. The van der Waals surface area contributed by atoms with Gasteiger partial charge in [0.05, 0.1) is 18.4 Å².